The van der Waals surface area contributed by atoms with Crippen LogP contribution in [-0.4, -0.2) is 26.5 Å². The van der Waals surface area contributed by atoms with Crippen LogP contribution in [0.4, 0.5) is 5.69 Å². The summed E-state index contributed by atoms with van der Waals surface area (Å²) in [6.07, 6.45) is 0.754. The number of aromatic nitrogens is 2. The normalized spacial score (nSPS) is 15.0. The highest BCUT2D eigenvalue weighted by atomic mass is 35.5. The third-order valence-corrected chi connectivity index (χ3v) is 7.61. The minimum absolute atomic E-state index is 0.0457. The number of hydrogen-bond acceptors (Lipinski definition) is 5. The second-order valence-electron chi connectivity index (χ2n) is 7.15. The predicted octanol–water partition coefficient (Wildman–Crippen LogP) is 5.37. The van der Waals surface area contributed by atoms with Gasteiger partial charge in [0.1, 0.15) is 0 Å². The van der Waals surface area contributed by atoms with Crippen LogP contribution in [0, 0.1) is 0 Å². The lowest BCUT2D eigenvalue weighted by atomic mass is 10.2. The molecule has 160 valence electrons. The SMILES string of the molecule is C[C@H]1Cc2nc(SCC(=O)Nc3ccc(Cl)c(Cl)c3)n(Cc3ccccc3)c(=O)c2S1. The van der Waals surface area contributed by atoms with Crippen LogP contribution in [0.1, 0.15) is 18.2 Å². The van der Waals surface area contributed by atoms with Crippen LogP contribution in [0.2, 0.25) is 10.0 Å². The molecule has 5 nitrogen and oxygen atoms in total. The molecule has 0 saturated carbocycles. The number of amides is 1. The summed E-state index contributed by atoms with van der Waals surface area (Å²) in [5, 5.41) is 4.46. The molecule has 0 spiro atoms. The zero-order valence-electron chi connectivity index (χ0n) is 16.6. The van der Waals surface area contributed by atoms with Gasteiger partial charge >= 0.3 is 0 Å². The molecule has 1 N–H and O–H groups in total. The van der Waals surface area contributed by atoms with Crippen molar-refractivity contribution >= 4 is 58.3 Å². The van der Waals surface area contributed by atoms with E-state index in [1.807, 2.05) is 30.3 Å². The standard InChI is InChI=1S/C22H19Cl2N3O2S2/c1-13-9-18-20(31-13)21(29)27(11-14-5-3-2-4-6-14)22(26-18)30-12-19(28)25-15-7-8-16(23)17(24)10-15/h2-8,10,13H,9,11-12H2,1H3,(H,25,28)/t13-/m0/s1. The summed E-state index contributed by atoms with van der Waals surface area (Å²) < 4.78 is 1.66. The van der Waals surface area contributed by atoms with Crippen molar-refractivity contribution in [2.24, 2.45) is 0 Å². The van der Waals surface area contributed by atoms with Gasteiger partial charge in [-0.15, -0.1) is 11.8 Å². The van der Waals surface area contributed by atoms with Gasteiger partial charge in [-0.05, 0) is 23.8 Å². The van der Waals surface area contributed by atoms with E-state index in [0.717, 1.165) is 17.7 Å². The fourth-order valence-electron chi connectivity index (χ4n) is 3.25. The van der Waals surface area contributed by atoms with Crippen molar-refractivity contribution in [2.75, 3.05) is 11.1 Å². The number of benzene rings is 2. The van der Waals surface area contributed by atoms with Gasteiger partial charge in [0.05, 0.1) is 32.9 Å². The largest absolute Gasteiger partial charge is 0.325 e. The molecule has 31 heavy (non-hydrogen) atoms. The number of nitrogens with zero attached hydrogens (tertiary/aromatic N) is 2. The Morgan fingerprint density at radius 3 is 2.74 bits per heavy atom. The first-order chi connectivity index (χ1) is 14.9. The van der Waals surface area contributed by atoms with Crippen molar-refractivity contribution in [3.63, 3.8) is 0 Å². The summed E-state index contributed by atoms with van der Waals surface area (Å²) in [7, 11) is 0. The van der Waals surface area contributed by atoms with Gasteiger partial charge in [-0.1, -0.05) is 72.2 Å². The van der Waals surface area contributed by atoms with E-state index in [2.05, 4.69) is 12.2 Å². The number of thioether (sulfide) groups is 2. The summed E-state index contributed by atoms with van der Waals surface area (Å²) in [6.45, 7) is 2.50. The van der Waals surface area contributed by atoms with Gasteiger partial charge in [-0.2, -0.15) is 0 Å². The van der Waals surface area contributed by atoms with E-state index < -0.39 is 0 Å². The molecule has 1 aliphatic rings. The van der Waals surface area contributed by atoms with Crippen LogP contribution in [0.3, 0.4) is 0 Å². The lowest BCUT2D eigenvalue weighted by molar-refractivity contribution is -0.113. The number of carbonyl (C=O) groups excluding carboxylic acids is 1. The van der Waals surface area contributed by atoms with Crippen molar-refractivity contribution in [1.29, 1.82) is 0 Å². The van der Waals surface area contributed by atoms with Gasteiger partial charge in [-0.3, -0.25) is 14.2 Å². The molecule has 2 heterocycles. The fraction of sp³-hybridized carbons (Fsp3) is 0.227. The number of anilines is 1. The van der Waals surface area contributed by atoms with Gasteiger partial charge in [0.2, 0.25) is 5.91 Å². The third-order valence-electron chi connectivity index (χ3n) is 4.68. The lowest BCUT2D eigenvalue weighted by Gasteiger charge is -2.14. The third kappa shape index (κ3) is 5.29. The molecule has 0 radical (unpaired) electrons. The lowest BCUT2D eigenvalue weighted by Crippen LogP contribution is -2.26. The van der Waals surface area contributed by atoms with Crippen LogP contribution >= 0.6 is 46.7 Å². The van der Waals surface area contributed by atoms with Crippen LogP contribution in [0.25, 0.3) is 0 Å². The molecular formula is C22H19Cl2N3O2S2. The highest BCUT2D eigenvalue weighted by Crippen LogP contribution is 2.34. The summed E-state index contributed by atoms with van der Waals surface area (Å²) in [4.78, 5) is 31.2. The number of carbonyl (C=O) groups is 1. The average molecular weight is 492 g/mol. The molecule has 1 aliphatic heterocycles. The van der Waals surface area contributed by atoms with Gasteiger partial charge in [0.25, 0.3) is 5.56 Å². The smallest absolute Gasteiger partial charge is 0.268 e. The molecule has 0 bridgehead atoms. The summed E-state index contributed by atoms with van der Waals surface area (Å²) >= 11 is 14.8. The highest BCUT2D eigenvalue weighted by molar-refractivity contribution is 8.00. The summed E-state index contributed by atoms with van der Waals surface area (Å²) in [6, 6.07) is 14.7. The van der Waals surface area contributed by atoms with E-state index in [9.17, 15) is 9.59 Å². The van der Waals surface area contributed by atoms with Crippen molar-refractivity contribution in [3.8, 4) is 0 Å². The maximum Gasteiger partial charge on any atom is 0.268 e. The molecule has 0 saturated heterocycles. The van der Waals surface area contributed by atoms with E-state index in [-0.39, 0.29) is 17.2 Å². The molecule has 1 aromatic heterocycles. The van der Waals surface area contributed by atoms with Crippen LogP contribution < -0.4 is 10.9 Å². The minimum atomic E-state index is -0.216. The summed E-state index contributed by atoms with van der Waals surface area (Å²) in [5.41, 5.74) is 2.34. The molecule has 1 atom stereocenters. The van der Waals surface area contributed by atoms with Crippen LogP contribution in [0.5, 0.6) is 0 Å². The Morgan fingerprint density at radius 2 is 2.00 bits per heavy atom. The van der Waals surface area contributed by atoms with Gasteiger partial charge in [0.15, 0.2) is 5.16 Å². The van der Waals surface area contributed by atoms with Crippen LogP contribution in [-0.2, 0) is 17.8 Å². The molecule has 4 rings (SSSR count). The monoisotopic (exact) mass is 491 g/mol. The maximum absolute atomic E-state index is 13.2. The predicted molar refractivity (Wildman–Crippen MR) is 129 cm³/mol. The van der Waals surface area contributed by atoms with E-state index in [0.29, 0.717) is 37.6 Å². The van der Waals surface area contributed by atoms with Gasteiger partial charge in [-0.25, -0.2) is 4.98 Å². The molecule has 0 fully saturated rings. The van der Waals surface area contributed by atoms with E-state index >= 15 is 0 Å². The Kier molecular flexibility index (Phi) is 6.96. The highest BCUT2D eigenvalue weighted by Gasteiger charge is 2.26. The average Bonchev–Trinajstić information content (AvgIpc) is 3.13. The molecule has 3 aromatic rings. The van der Waals surface area contributed by atoms with Crippen molar-refractivity contribution in [1.82, 2.24) is 9.55 Å². The van der Waals surface area contributed by atoms with E-state index in [4.69, 9.17) is 28.2 Å². The Labute approximate surface area is 198 Å². The second-order valence-corrected chi connectivity index (χ2v) is 10.4. The van der Waals surface area contributed by atoms with E-state index in [1.165, 1.54) is 11.8 Å². The Morgan fingerprint density at radius 1 is 1.23 bits per heavy atom. The first-order valence-corrected chi connectivity index (χ1v) is 12.2. The molecule has 0 unspecified atom stereocenters. The molecule has 2 aromatic carbocycles. The zero-order chi connectivity index (χ0) is 22.0. The van der Waals surface area contributed by atoms with Gasteiger partial charge in [0, 0.05) is 17.4 Å². The first kappa shape index (κ1) is 22.3. The number of hydrogen-bond donors (Lipinski definition) is 1. The fourth-order valence-corrected chi connectivity index (χ4v) is 5.48. The number of nitrogens with one attached hydrogen (secondary N) is 1. The van der Waals surface area contributed by atoms with Gasteiger partial charge < -0.3 is 5.32 Å². The Balaban J connectivity index is 1.56. The first-order valence-electron chi connectivity index (χ1n) is 9.62. The minimum Gasteiger partial charge on any atom is -0.325 e. The molecule has 1 amide bonds. The Hall–Kier alpha value is -1.93. The Bertz CT molecular complexity index is 1190. The summed E-state index contributed by atoms with van der Waals surface area (Å²) in [5.74, 6) is -0.102. The zero-order valence-corrected chi connectivity index (χ0v) is 19.7. The second kappa shape index (κ2) is 9.69. The molecular weight excluding hydrogens is 473 g/mol. The van der Waals surface area contributed by atoms with Crippen molar-refractivity contribution in [2.45, 2.75) is 35.2 Å². The van der Waals surface area contributed by atoms with Crippen molar-refractivity contribution < 1.29 is 4.79 Å². The van der Waals surface area contributed by atoms with Crippen molar-refractivity contribution in [3.05, 3.63) is 80.2 Å². The number of halogens is 2. The van der Waals surface area contributed by atoms with Crippen LogP contribution in [0.15, 0.2) is 63.4 Å². The molecule has 0 aliphatic carbocycles. The topological polar surface area (TPSA) is 64.0 Å². The number of rotatable bonds is 6. The quantitative estimate of drug-likeness (QED) is 0.371. The maximum atomic E-state index is 13.2. The molecule has 9 heteroatoms. The van der Waals surface area contributed by atoms with E-state index in [1.54, 1.807) is 34.5 Å². The number of fused-ring (bicyclic) bond motifs is 1.